The minimum Gasteiger partial charge on any atom is -0.508 e. The van der Waals surface area contributed by atoms with E-state index in [4.69, 9.17) is 0 Å². The summed E-state index contributed by atoms with van der Waals surface area (Å²) in [5, 5.41) is 15.3. The van der Waals surface area contributed by atoms with Crippen LogP contribution in [-0.4, -0.2) is 39.4 Å². The highest BCUT2D eigenvalue weighted by Gasteiger charge is 2.10. The lowest BCUT2D eigenvalue weighted by molar-refractivity contribution is 0.221. The minimum atomic E-state index is -0.0183. The first-order valence-electron chi connectivity index (χ1n) is 10.4. The number of aromatic nitrogens is 2. The number of aryl methyl sites for hydroxylation is 1. The Balaban J connectivity index is 1.44. The topological polar surface area (TPSA) is 58.4 Å². The summed E-state index contributed by atoms with van der Waals surface area (Å²) < 4.78 is 1.60. The molecule has 0 atom stereocenters. The average Bonchev–Trinajstić information content (AvgIpc) is 2.76. The predicted molar refractivity (Wildman–Crippen MR) is 118 cm³/mol. The second kappa shape index (κ2) is 9.05. The third kappa shape index (κ3) is 4.93. The standard InChI is InChI=1S/C24H27N3O2/c28-22-10-7-19(8-11-22)5-6-20-9-12-23-21(17-20)18-25-27(24(23)29)16-4-15-26-13-2-1-3-14-26/h5-12,17-18,28H,1-4,13-16H2. The van der Waals surface area contributed by atoms with E-state index in [1.54, 1.807) is 23.0 Å². The molecular formula is C24H27N3O2. The molecule has 5 heteroatoms. The zero-order valence-corrected chi connectivity index (χ0v) is 16.6. The third-order valence-corrected chi connectivity index (χ3v) is 5.53. The molecule has 0 aliphatic carbocycles. The number of benzene rings is 2. The second-order valence-corrected chi connectivity index (χ2v) is 7.70. The van der Waals surface area contributed by atoms with E-state index in [0.29, 0.717) is 11.9 Å². The van der Waals surface area contributed by atoms with Gasteiger partial charge in [0.15, 0.2) is 0 Å². The normalized spacial score (nSPS) is 15.3. The summed E-state index contributed by atoms with van der Waals surface area (Å²) in [7, 11) is 0. The van der Waals surface area contributed by atoms with Crippen LogP contribution in [0, 0.1) is 0 Å². The lowest BCUT2D eigenvalue weighted by Gasteiger charge is -2.26. The second-order valence-electron chi connectivity index (χ2n) is 7.70. The van der Waals surface area contributed by atoms with Crippen molar-refractivity contribution in [3.63, 3.8) is 0 Å². The van der Waals surface area contributed by atoms with Crippen LogP contribution in [0.25, 0.3) is 22.9 Å². The van der Waals surface area contributed by atoms with Crippen LogP contribution in [0.5, 0.6) is 5.75 Å². The number of aromatic hydroxyl groups is 1. The van der Waals surface area contributed by atoms with Crippen LogP contribution in [-0.2, 0) is 6.54 Å². The van der Waals surface area contributed by atoms with Gasteiger partial charge in [-0.25, -0.2) is 4.68 Å². The van der Waals surface area contributed by atoms with Gasteiger partial charge >= 0.3 is 0 Å². The molecule has 3 aromatic rings. The zero-order valence-electron chi connectivity index (χ0n) is 16.6. The fraction of sp³-hybridized carbons (Fsp3) is 0.333. The summed E-state index contributed by atoms with van der Waals surface area (Å²) in [4.78, 5) is 15.3. The molecule has 5 nitrogen and oxygen atoms in total. The molecule has 1 aliphatic rings. The van der Waals surface area contributed by atoms with Gasteiger partial charge < -0.3 is 10.0 Å². The molecule has 0 spiro atoms. The van der Waals surface area contributed by atoms with E-state index in [0.717, 1.165) is 29.5 Å². The molecule has 0 bridgehead atoms. The fourth-order valence-corrected chi connectivity index (χ4v) is 3.87. The van der Waals surface area contributed by atoms with Crippen LogP contribution in [0.1, 0.15) is 36.8 Å². The Morgan fingerprint density at radius 1 is 0.931 bits per heavy atom. The molecule has 1 aliphatic heterocycles. The molecule has 0 radical (unpaired) electrons. The van der Waals surface area contributed by atoms with Crippen LogP contribution in [0.2, 0.25) is 0 Å². The molecule has 1 N–H and O–H groups in total. The average molecular weight is 389 g/mol. The molecule has 1 fully saturated rings. The maximum absolute atomic E-state index is 12.8. The van der Waals surface area contributed by atoms with Crippen molar-refractivity contribution in [2.75, 3.05) is 19.6 Å². The molecule has 0 saturated carbocycles. The van der Waals surface area contributed by atoms with E-state index in [1.807, 2.05) is 42.5 Å². The number of phenolic OH excluding ortho intramolecular Hbond substituents is 1. The quantitative estimate of drug-likeness (QED) is 0.644. The summed E-state index contributed by atoms with van der Waals surface area (Å²) in [5.74, 6) is 0.256. The maximum Gasteiger partial charge on any atom is 0.274 e. The van der Waals surface area contributed by atoms with Gasteiger partial charge in [-0.2, -0.15) is 5.10 Å². The van der Waals surface area contributed by atoms with Crippen LogP contribution < -0.4 is 5.56 Å². The van der Waals surface area contributed by atoms with E-state index >= 15 is 0 Å². The van der Waals surface area contributed by atoms with E-state index < -0.39 is 0 Å². The number of piperidine rings is 1. The monoisotopic (exact) mass is 389 g/mol. The molecule has 1 aromatic heterocycles. The van der Waals surface area contributed by atoms with Gasteiger partial charge in [0, 0.05) is 11.9 Å². The molecular weight excluding hydrogens is 362 g/mol. The Morgan fingerprint density at radius 2 is 1.66 bits per heavy atom. The van der Waals surface area contributed by atoms with Gasteiger partial charge in [0.05, 0.1) is 11.6 Å². The Bertz CT molecular complexity index is 1050. The summed E-state index contributed by atoms with van der Waals surface area (Å²) in [6.45, 7) is 4.06. The Kier molecular flexibility index (Phi) is 6.06. The third-order valence-electron chi connectivity index (χ3n) is 5.53. The number of fused-ring (bicyclic) bond motifs is 1. The first kappa shape index (κ1) is 19.4. The van der Waals surface area contributed by atoms with E-state index in [-0.39, 0.29) is 11.3 Å². The number of nitrogens with zero attached hydrogens (tertiary/aromatic N) is 3. The number of phenols is 1. The molecule has 0 amide bonds. The molecule has 150 valence electrons. The van der Waals surface area contributed by atoms with Crippen LogP contribution in [0.15, 0.2) is 53.5 Å². The van der Waals surface area contributed by atoms with E-state index in [2.05, 4.69) is 10.00 Å². The molecule has 1 saturated heterocycles. The number of hydrogen-bond acceptors (Lipinski definition) is 4. The van der Waals surface area contributed by atoms with Gasteiger partial charge in [-0.3, -0.25) is 4.79 Å². The lowest BCUT2D eigenvalue weighted by Crippen LogP contribution is -2.32. The van der Waals surface area contributed by atoms with Crippen LogP contribution in [0.3, 0.4) is 0 Å². The molecule has 4 rings (SSSR count). The van der Waals surface area contributed by atoms with Gasteiger partial charge in [-0.15, -0.1) is 0 Å². The van der Waals surface area contributed by atoms with Gasteiger partial charge in [-0.1, -0.05) is 36.8 Å². The zero-order chi connectivity index (χ0) is 20.1. The summed E-state index contributed by atoms with van der Waals surface area (Å²) in [6, 6.07) is 12.9. The van der Waals surface area contributed by atoms with Crippen molar-refractivity contribution in [3.8, 4) is 5.75 Å². The highest BCUT2D eigenvalue weighted by atomic mass is 16.3. The Labute approximate surface area is 170 Å². The largest absolute Gasteiger partial charge is 0.508 e. The highest BCUT2D eigenvalue weighted by molar-refractivity contribution is 5.84. The number of likely N-dealkylation sites (tertiary alicyclic amines) is 1. The maximum atomic E-state index is 12.8. The van der Waals surface area contributed by atoms with Crippen molar-refractivity contribution in [1.29, 1.82) is 0 Å². The van der Waals surface area contributed by atoms with Crippen molar-refractivity contribution in [3.05, 3.63) is 70.1 Å². The fourth-order valence-electron chi connectivity index (χ4n) is 3.87. The molecule has 0 unspecified atom stereocenters. The van der Waals surface area contributed by atoms with E-state index in [1.165, 1.54) is 32.4 Å². The van der Waals surface area contributed by atoms with Gasteiger partial charge in [-0.05, 0) is 74.3 Å². The first-order valence-corrected chi connectivity index (χ1v) is 10.4. The van der Waals surface area contributed by atoms with Crippen molar-refractivity contribution >= 4 is 22.9 Å². The highest BCUT2D eigenvalue weighted by Crippen LogP contribution is 2.16. The Morgan fingerprint density at radius 3 is 2.45 bits per heavy atom. The van der Waals surface area contributed by atoms with Crippen LogP contribution >= 0.6 is 0 Å². The number of rotatable bonds is 6. The summed E-state index contributed by atoms with van der Waals surface area (Å²) >= 11 is 0. The molecule has 2 aromatic carbocycles. The first-order chi connectivity index (χ1) is 14.2. The molecule has 29 heavy (non-hydrogen) atoms. The van der Waals surface area contributed by atoms with Gasteiger partial charge in [0.25, 0.3) is 5.56 Å². The van der Waals surface area contributed by atoms with Crippen molar-refractivity contribution in [2.45, 2.75) is 32.2 Å². The van der Waals surface area contributed by atoms with Gasteiger partial charge in [0.1, 0.15) is 5.75 Å². The lowest BCUT2D eigenvalue weighted by atomic mass is 10.1. The van der Waals surface area contributed by atoms with Crippen molar-refractivity contribution < 1.29 is 5.11 Å². The van der Waals surface area contributed by atoms with E-state index in [9.17, 15) is 9.90 Å². The van der Waals surface area contributed by atoms with Crippen molar-refractivity contribution in [2.24, 2.45) is 0 Å². The Hall–Kier alpha value is -2.92. The number of hydrogen-bond donors (Lipinski definition) is 1. The van der Waals surface area contributed by atoms with Crippen LogP contribution in [0.4, 0.5) is 0 Å². The molecule has 2 heterocycles. The van der Waals surface area contributed by atoms with Gasteiger partial charge in [0.2, 0.25) is 0 Å². The SMILES string of the molecule is O=c1c2ccc(C=Cc3ccc(O)cc3)cc2cnn1CCCN1CCCCC1. The summed E-state index contributed by atoms with van der Waals surface area (Å²) in [5.41, 5.74) is 2.00. The summed E-state index contributed by atoms with van der Waals surface area (Å²) in [6.07, 6.45) is 10.6. The smallest absolute Gasteiger partial charge is 0.274 e. The predicted octanol–water partition coefficient (Wildman–Crippen LogP) is 4.15. The van der Waals surface area contributed by atoms with Crippen molar-refractivity contribution in [1.82, 2.24) is 14.7 Å². The minimum absolute atomic E-state index is 0.0183.